The van der Waals surface area contributed by atoms with Crippen LogP contribution in [-0.2, 0) is 6.18 Å². The third-order valence-corrected chi connectivity index (χ3v) is 3.88. The van der Waals surface area contributed by atoms with E-state index in [0.717, 1.165) is 0 Å². The van der Waals surface area contributed by atoms with Crippen LogP contribution in [0.5, 0.6) is 0 Å². The first-order valence-corrected chi connectivity index (χ1v) is 7.59. The zero-order valence-electron chi connectivity index (χ0n) is 12.2. The molecule has 25 heavy (non-hydrogen) atoms. The third-order valence-electron chi connectivity index (χ3n) is 2.99. The zero-order chi connectivity index (χ0) is 17.9. The third kappa shape index (κ3) is 3.81. The van der Waals surface area contributed by atoms with E-state index in [-0.39, 0.29) is 17.1 Å². The highest BCUT2D eigenvalue weighted by atomic mass is 32.1. The first-order chi connectivity index (χ1) is 12.0. The van der Waals surface area contributed by atoms with Crippen molar-refractivity contribution in [3.8, 4) is 17.3 Å². The Morgan fingerprint density at radius 2 is 2.20 bits per heavy atom. The van der Waals surface area contributed by atoms with Gasteiger partial charge in [0, 0.05) is 22.8 Å². The van der Waals surface area contributed by atoms with E-state index in [9.17, 15) is 13.2 Å². The Bertz CT molecular complexity index is 938. The van der Waals surface area contributed by atoms with Gasteiger partial charge in [0.15, 0.2) is 5.01 Å². The number of nitriles is 1. The van der Waals surface area contributed by atoms with Gasteiger partial charge in [-0.25, -0.2) is 4.98 Å². The van der Waals surface area contributed by atoms with Crippen LogP contribution in [0.25, 0.3) is 16.8 Å². The molecule has 0 bridgehead atoms. The molecular formula is C14H8F3N7S. The number of aromatic amines is 1. The monoisotopic (exact) mass is 363 g/mol. The largest absolute Gasteiger partial charge is 0.443 e. The molecule has 0 unspecified atom stereocenters. The van der Waals surface area contributed by atoms with E-state index in [1.807, 2.05) is 6.07 Å². The summed E-state index contributed by atoms with van der Waals surface area (Å²) in [6.45, 7) is 0. The molecule has 3 aromatic rings. The molecule has 0 saturated heterocycles. The predicted molar refractivity (Wildman–Crippen MR) is 83.9 cm³/mol. The van der Waals surface area contributed by atoms with Gasteiger partial charge >= 0.3 is 6.18 Å². The molecule has 126 valence electrons. The molecule has 2 heterocycles. The van der Waals surface area contributed by atoms with E-state index in [1.54, 1.807) is 24.3 Å². The molecule has 0 saturated carbocycles. The number of allylic oxidation sites excluding steroid dienone is 1. The summed E-state index contributed by atoms with van der Waals surface area (Å²) < 4.78 is 38.0. The standard InChI is InChI=1S/C14H8F3N7S/c15-14(16,17)13-20-11(7-25-13)8-2-1-3-10(4-8)19-6-9(5-18)12-21-23-24-22-12/h1-4,6-7,19H,(H,21,22,23,24). The number of rotatable bonds is 4. The number of nitrogens with zero attached hydrogens (tertiary/aromatic N) is 5. The summed E-state index contributed by atoms with van der Waals surface area (Å²) in [6, 6.07) is 8.55. The molecule has 0 aliphatic rings. The maximum absolute atomic E-state index is 12.7. The molecule has 11 heteroatoms. The van der Waals surface area contributed by atoms with E-state index in [0.29, 0.717) is 22.6 Å². The van der Waals surface area contributed by atoms with Crippen molar-refractivity contribution in [1.29, 1.82) is 5.26 Å². The van der Waals surface area contributed by atoms with Crippen molar-refractivity contribution in [3.63, 3.8) is 0 Å². The summed E-state index contributed by atoms with van der Waals surface area (Å²) in [5.41, 5.74) is 1.45. The first-order valence-electron chi connectivity index (χ1n) is 6.71. The second-order valence-electron chi connectivity index (χ2n) is 4.67. The molecule has 0 fully saturated rings. The van der Waals surface area contributed by atoms with E-state index in [1.165, 1.54) is 11.6 Å². The highest BCUT2D eigenvalue weighted by Crippen LogP contribution is 2.34. The molecule has 0 spiro atoms. The molecule has 2 N–H and O–H groups in total. The van der Waals surface area contributed by atoms with Crippen LogP contribution in [0.2, 0.25) is 0 Å². The summed E-state index contributed by atoms with van der Waals surface area (Å²) in [5.74, 6) is 0.125. The number of alkyl halides is 3. The van der Waals surface area contributed by atoms with Crippen molar-refractivity contribution in [2.24, 2.45) is 0 Å². The lowest BCUT2D eigenvalue weighted by Crippen LogP contribution is -2.03. The van der Waals surface area contributed by atoms with Crippen LogP contribution in [0.4, 0.5) is 18.9 Å². The maximum atomic E-state index is 12.7. The Morgan fingerprint density at radius 3 is 2.84 bits per heavy atom. The summed E-state index contributed by atoms with van der Waals surface area (Å²) in [5, 5.41) is 25.4. The normalized spacial score (nSPS) is 12.0. The molecule has 0 aliphatic heterocycles. The Morgan fingerprint density at radius 1 is 1.36 bits per heavy atom. The lowest BCUT2D eigenvalue weighted by molar-refractivity contribution is -0.137. The van der Waals surface area contributed by atoms with Gasteiger partial charge in [0.2, 0.25) is 5.82 Å². The minimum Gasteiger partial charge on any atom is -0.360 e. The number of benzene rings is 1. The quantitative estimate of drug-likeness (QED) is 0.689. The van der Waals surface area contributed by atoms with E-state index < -0.39 is 11.2 Å². The van der Waals surface area contributed by atoms with Crippen molar-refractivity contribution < 1.29 is 13.2 Å². The van der Waals surface area contributed by atoms with Crippen LogP contribution >= 0.6 is 11.3 Å². The molecule has 0 amide bonds. The summed E-state index contributed by atoms with van der Waals surface area (Å²) >= 11 is 0.539. The molecule has 1 aromatic carbocycles. The van der Waals surface area contributed by atoms with Crippen molar-refractivity contribution in [2.75, 3.05) is 5.32 Å². The highest BCUT2D eigenvalue weighted by molar-refractivity contribution is 7.10. The maximum Gasteiger partial charge on any atom is 0.443 e. The van der Waals surface area contributed by atoms with Crippen LogP contribution < -0.4 is 5.32 Å². The van der Waals surface area contributed by atoms with Crippen LogP contribution in [0.1, 0.15) is 10.8 Å². The van der Waals surface area contributed by atoms with Gasteiger partial charge in [-0.3, -0.25) is 0 Å². The van der Waals surface area contributed by atoms with Crippen molar-refractivity contribution in [2.45, 2.75) is 6.18 Å². The van der Waals surface area contributed by atoms with Gasteiger partial charge in [-0.15, -0.1) is 21.5 Å². The number of halogens is 3. The smallest absolute Gasteiger partial charge is 0.360 e. The van der Waals surface area contributed by atoms with E-state index in [2.05, 4.69) is 30.9 Å². The van der Waals surface area contributed by atoms with Crippen LogP contribution in [-0.4, -0.2) is 25.6 Å². The molecule has 2 aromatic heterocycles. The van der Waals surface area contributed by atoms with Gasteiger partial charge < -0.3 is 5.32 Å². The number of nitrogens with one attached hydrogen (secondary N) is 2. The average Bonchev–Trinajstić information content (AvgIpc) is 3.27. The summed E-state index contributed by atoms with van der Waals surface area (Å²) in [4.78, 5) is 3.61. The molecule has 0 atom stereocenters. The van der Waals surface area contributed by atoms with Gasteiger partial charge in [-0.2, -0.15) is 23.6 Å². The minimum absolute atomic E-state index is 0.125. The second kappa shape index (κ2) is 6.70. The summed E-state index contributed by atoms with van der Waals surface area (Å²) in [6.07, 6.45) is -3.08. The number of H-pyrrole nitrogens is 1. The fourth-order valence-corrected chi connectivity index (χ4v) is 2.58. The second-order valence-corrected chi connectivity index (χ2v) is 5.52. The van der Waals surface area contributed by atoms with Gasteiger partial charge in [0.25, 0.3) is 0 Å². The lowest BCUT2D eigenvalue weighted by atomic mass is 10.1. The van der Waals surface area contributed by atoms with Gasteiger partial charge in [0.05, 0.1) is 5.69 Å². The van der Waals surface area contributed by atoms with E-state index in [4.69, 9.17) is 5.26 Å². The minimum atomic E-state index is -4.46. The van der Waals surface area contributed by atoms with Gasteiger partial charge in [-0.05, 0) is 17.3 Å². The number of aromatic nitrogens is 5. The number of anilines is 1. The summed E-state index contributed by atoms with van der Waals surface area (Å²) in [7, 11) is 0. The lowest BCUT2D eigenvalue weighted by Gasteiger charge is -2.04. The van der Waals surface area contributed by atoms with Crippen molar-refractivity contribution >= 4 is 22.6 Å². The Kier molecular flexibility index (Phi) is 4.44. The molecule has 3 rings (SSSR count). The number of hydrogen-bond donors (Lipinski definition) is 2. The fourth-order valence-electron chi connectivity index (χ4n) is 1.88. The molecular weight excluding hydrogens is 355 g/mol. The predicted octanol–water partition coefficient (Wildman–Crippen LogP) is 3.32. The first kappa shape index (κ1) is 16.6. The van der Waals surface area contributed by atoms with Crippen molar-refractivity contribution in [3.05, 3.63) is 46.7 Å². The number of thiazole rings is 1. The topological polar surface area (TPSA) is 103 Å². The average molecular weight is 363 g/mol. The number of hydrogen-bond acceptors (Lipinski definition) is 7. The van der Waals surface area contributed by atoms with Gasteiger partial charge in [-0.1, -0.05) is 12.1 Å². The number of tetrazole rings is 1. The van der Waals surface area contributed by atoms with Crippen LogP contribution in [0, 0.1) is 11.3 Å². The highest BCUT2D eigenvalue weighted by Gasteiger charge is 2.34. The fraction of sp³-hybridized carbons (Fsp3) is 0.0714. The Balaban J connectivity index is 1.83. The van der Waals surface area contributed by atoms with Gasteiger partial charge in [0.1, 0.15) is 11.6 Å². The Hall–Kier alpha value is -3.26. The Labute approximate surface area is 142 Å². The van der Waals surface area contributed by atoms with Crippen LogP contribution in [0.15, 0.2) is 35.8 Å². The van der Waals surface area contributed by atoms with Crippen molar-refractivity contribution in [1.82, 2.24) is 25.6 Å². The molecule has 0 aliphatic carbocycles. The SMILES string of the molecule is N#CC(=CNc1cccc(-c2csc(C(F)(F)F)n2)c1)c1nn[nH]n1. The van der Waals surface area contributed by atoms with Crippen LogP contribution in [0.3, 0.4) is 0 Å². The molecule has 0 radical (unpaired) electrons. The molecule has 7 nitrogen and oxygen atoms in total. The zero-order valence-corrected chi connectivity index (χ0v) is 13.1. The van der Waals surface area contributed by atoms with E-state index >= 15 is 0 Å².